The molecule has 0 unspecified atom stereocenters. The zero-order valence-corrected chi connectivity index (χ0v) is 62.9. The standard InChI is InChI=1S/C76H92N16O23/c1-42(2)28-48-41-91(90-89-48)27-15-14-23-50(69(77)108)83-71(110)51(30-44-16-6-4-7-17-44)84-72(111)52(31-45-18-8-5-9-19-45)85-75(114)56(35-67(104)105)88-76(115)57(36-68(106)107)87-74(113)55(34-66(102)103)82-62(96)39-79-60(94)37-78-61(95)38-80-70(109)53(32-64(98)99)86-73(112)54(33-65(100)101)81-59(93)25-26-63(97)92-40-47-21-11-10-20-46(47)29-43(3)49-22-12-13-24-58(49)92/h4-13,16-22,24,29,41-42,50-57H,14-15,23,25-28,30-40H2,1-3H3,(H2,77,108)(H,78,95)(H,79,94)(H,80,109)(H,81,93)(H,82,96)(H,83,110)(H,84,111)(H,85,114)(H,86,112)(H,87,113)(H,88,115)(H,98,99)(H,100,101)(H,102,103)(H,104,105)(H,106,107)/b43-29-/t50-,51-,52-,53-,54-,55-,56-,57-/m0/s1. The molecule has 2 heterocycles. The SMILES string of the molecule is C/C1=C/c2ccccc2CN(C(=O)CCC(=O)N[C@@H](CC(=O)O)C(=O)N[C@@H](CC(=O)O)C(=O)NCC(=O)NCC(=O)NCC(=O)N[C@@H](CC(=O)O)C(=O)N[C@@H](CC(=O)O)C(=O)N[C@@H](CC(=O)O)C(=O)N[C@@H](Cc2ccccc2)C(=O)N[C@@H](Cc2ccccc2)C(=O)N[C@@H](CCCCn2cc(CC(C)C)nn2)C(N)=O)c2ccccc21. The number of amides is 13. The number of primary amides is 1. The minimum Gasteiger partial charge on any atom is -0.481 e. The summed E-state index contributed by atoms with van der Waals surface area (Å²) in [6.07, 6.45) is -2.03. The Morgan fingerprint density at radius 2 is 0.843 bits per heavy atom. The topological polar surface area (TPSA) is 601 Å². The fourth-order valence-corrected chi connectivity index (χ4v) is 11.8. The Labute approximate surface area is 657 Å². The van der Waals surface area contributed by atoms with E-state index in [1.54, 1.807) is 89.6 Å². The molecular formula is C76H92N16O23. The van der Waals surface area contributed by atoms with Crippen LogP contribution >= 0.6 is 0 Å². The van der Waals surface area contributed by atoms with Gasteiger partial charge in [-0.1, -0.05) is 128 Å². The average Bonchev–Trinajstić information content (AvgIpc) is 1.34. The lowest BCUT2D eigenvalue weighted by Gasteiger charge is -2.28. The number of para-hydroxylation sites is 1. The van der Waals surface area contributed by atoms with Crippen LogP contribution in [0.1, 0.15) is 118 Å². The maximum atomic E-state index is 14.5. The van der Waals surface area contributed by atoms with Crippen molar-refractivity contribution in [3.63, 3.8) is 0 Å². The van der Waals surface area contributed by atoms with E-state index in [9.17, 15) is 112 Å². The molecule has 0 spiro atoms. The molecule has 1 aliphatic rings. The molecule has 6 rings (SSSR count). The molecule has 4 aromatic carbocycles. The predicted molar refractivity (Wildman–Crippen MR) is 404 cm³/mol. The summed E-state index contributed by atoms with van der Waals surface area (Å²) in [5, 5.41) is 80.9. The van der Waals surface area contributed by atoms with Gasteiger partial charge < -0.3 is 94.7 Å². The molecular weight excluding hydrogens is 1500 g/mol. The van der Waals surface area contributed by atoms with Gasteiger partial charge in [-0.15, -0.1) is 5.10 Å². The van der Waals surface area contributed by atoms with Crippen molar-refractivity contribution in [3.05, 3.63) is 149 Å². The summed E-state index contributed by atoms with van der Waals surface area (Å²) >= 11 is 0. The summed E-state index contributed by atoms with van der Waals surface area (Å²) in [5.41, 5.74) is 11.3. The Balaban J connectivity index is 1.02. The van der Waals surface area contributed by atoms with E-state index in [1.807, 2.05) is 89.2 Å². The number of benzene rings is 4. The van der Waals surface area contributed by atoms with Crippen LogP contribution in [0.5, 0.6) is 0 Å². The number of carboxylic acids is 5. The van der Waals surface area contributed by atoms with Gasteiger partial charge in [-0.3, -0.25) is 91.0 Å². The van der Waals surface area contributed by atoms with E-state index in [0.29, 0.717) is 42.1 Å². The third-order valence-electron chi connectivity index (χ3n) is 17.5. The van der Waals surface area contributed by atoms with Crippen LogP contribution in [-0.2, 0) is 119 Å². The van der Waals surface area contributed by atoms with Gasteiger partial charge in [0.25, 0.3) is 0 Å². The number of aliphatic carboxylic acids is 5. The molecule has 1 aromatic heterocycles. The zero-order valence-electron chi connectivity index (χ0n) is 62.9. The summed E-state index contributed by atoms with van der Waals surface area (Å²) in [4.78, 5) is 238. The number of anilines is 1. The smallest absolute Gasteiger partial charge is 0.305 e. The summed E-state index contributed by atoms with van der Waals surface area (Å²) in [5.74, 6) is -23.2. The first-order valence-electron chi connectivity index (χ1n) is 36.3. The van der Waals surface area contributed by atoms with Crippen molar-refractivity contribution in [3.8, 4) is 0 Å². The largest absolute Gasteiger partial charge is 0.481 e. The Morgan fingerprint density at radius 1 is 0.435 bits per heavy atom. The number of aryl methyl sites for hydroxylation is 1. The molecule has 39 heteroatoms. The van der Waals surface area contributed by atoms with Crippen LogP contribution in [0.15, 0.2) is 115 Å². The summed E-state index contributed by atoms with van der Waals surface area (Å²) in [6, 6.07) is 15.8. The molecule has 0 radical (unpaired) electrons. The van der Waals surface area contributed by atoms with Gasteiger partial charge >= 0.3 is 29.8 Å². The van der Waals surface area contributed by atoms with Crippen molar-refractivity contribution in [2.75, 3.05) is 24.5 Å². The van der Waals surface area contributed by atoms with E-state index in [2.05, 4.69) is 36.9 Å². The number of carboxylic acid groups (broad SMARTS) is 5. The first kappa shape index (κ1) is 90.1. The van der Waals surface area contributed by atoms with Crippen LogP contribution in [0.4, 0.5) is 5.69 Å². The molecule has 18 N–H and O–H groups in total. The van der Waals surface area contributed by atoms with Crippen LogP contribution in [0.3, 0.4) is 0 Å². The quantitative estimate of drug-likeness (QED) is 0.0189. The lowest BCUT2D eigenvalue weighted by atomic mass is 9.96. The number of nitrogens with two attached hydrogens (primary N) is 1. The Bertz CT molecular complexity index is 4420. The Morgan fingerprint density at radius 3 is 1.33 bits per heavy atom. The van der Waals surface area contributed by atoms with Crippen LogP contribution in [0.25, 0.3) is 11.6 Å². The normalized spacial score (nSPS) is 14.0. The molecule has 0 saturated heterocycles. The van der Waals surface area contributed by atoms with Crippen molar-refractivity contribution in [1.29, 1.82) is 0 Å². The molecule has 8 atom stereocenters. The third kappa shape index (κ3) is 31.1. The first-order chi connectivity index (χ1) is 54.6. The van der Waals surface area contributed by atoms with E-state index >= 15 is 0 Å². The monoisotopic (exact) mass is 1600 g/mol. The molecule has 0 aliphatic carbocycles. The fraction of sp³-hybridized carbons (Fsp3) is 0.395. The number of fused-ring (bicyclic) bond motifs is 2. The number of rotatable bonds is 46. The number of carbonyl (C=O) groups is 18. The number of hydrogen-bond acceptors (Lipinski definition) is 20. The van der Waals surface area contributed by atoms with E-state index in [4.69, 9.17) is 5.73 Å². The number of aromatic nitrogens is 3. The van der Waals surface area contributed by atoms with Gasteiger partial charge in [0.1, 0.15) is 48.3 Å². The molecule has 5 aromatic rings. The first-order valence-corrected chi connectivity index (χ1v) is 36.3. The number of carbonyl (C=O) groups excluding carboxylic acids is 13. The number of unbranched alkanes of at least 4 members (excludes halogenated alkanes) is 1. The molecule has 0 fully saturated rings. The summed E-state index contributed by atoms with van der Waals surface area (Å²) < 4.78 is 1.66. The number of nitrogens with one attached hydrogen (secondary N) is 11. The molecule has 0 saturated carbocycles. The highest BCUT2D eigenvalue weighted by molar-refractivity contribution is 6.03. The molecule has 0 bridgehead atoms. The van der Waals surface area contributed by atoms with Crippen LogP contribution in [-0.4, -0.2) is 215 Å². The van der Waals surface area contributed by atoms with Crippen molar-refractivity contribution in [2.45, 2.75) is 166 Å². The second kappa shape index (κ2) is 44.9. The lowest BCUT2D eigenvalue weighted by molar-refractivity contribution is -0.144. The van der Waals surface area contributed by atoms with Crippen LogP contribution in [0, 0.1) is 5.92 Å². The van der Waals surface area contributed by atoms with Crippen molar-refractivity contribution >= 4 is 124 Å². The van der Waals surface area contributed by atoms with Gasteiger partial charge in [0.05, 0.1) is 69.7 Å². The fourth-order valence-electron chi connectivity index (χ4n) is 11.8. The Hall–Kier alpha value is -13.8. The summed E-state index contributed by atoms with van der Waals surface area (Å²) in [6.45, 7) is 3.51. The van der Waals surface area contributed by atoms with Gasteiger partial charge in [0.2, 0.25) is 76.8 Å². The summed E-state index contributed by atoms with van der Waals surface area (Å²) in [7, 11) is 0. The molecule has 39 nitrogen and oxygen atoms in total. The second-order valence-corrected chi connectivity index (χ2v) is 27.2. The van der Waals surface area contributed by atoms with Gasteiger partial charge in [0.15, 0.2) is 0 Å². The van der Waals surface area contributed by atoms with Crippen LogP contribution < -0.4 is 69.1 Å². The van der Waals surface area contributed by atoms with Gasteiger partial charge in [-0.2, -0.15) is 0 Å². The second-order valence-electron chi connectivity index (χ2n) is 27.2. The maximum absolute atomic E-state index is 14.5. The molecule has 115 heavy (non-hydrogen) atoms. The number of hydrogen-bond donors (Lipinski definition) is 17. The van der Waals surface area contributed by atoms with Crippen molar-refractivity contribution in [2.24, 2.45) is 11.7 Å². The minimum atomic E-state index is -2.27. The molecule has 1 aliphatic heterocycles. The highest BCUT2D eigenvalue weighted by Gasteiger charge is 2.37. The minimum absolute atomic E-state index is 0.0842. The van der Waals surface area contributed by atoms with Crippen molar-refractivity contribution in [1.82, 2.24) is 73.5 Å². The highest BCUT2D eigenvalue weighted by Crippen LogP contribution is 2.34. The van der Waals surface area contributed by atoms with Gasteiger partial charge in [-0.25, -0.2) is 0 Å². The third-order valence-corrected chi connectivity index (χ3v) is 17.5. The maximum Gasteiger partial charge on any atom is 0.305 e. The zero-order chi connectivity index (χ0) is 84.4. The highest BCUT2D eigenvalue weighted by atomic mass is 16.4. The lowest BCUT2D eigenvalue weighted by Crippen LogP contribution is -2.60. The number of nitrogens with zero attached hydrogens (tertiary/aromatic N) is 4. The van der Waals surface area contributed by atoms with Crippen molar-refractivity contribution < 1.29 is 112 Å². The van der Waals surface area contributed by atoms with Gasteiger partial charge in [0, 0.05) is 44.0 Å². The van der Waals surface area contributed by atoms with E-state index in [0.717, 1.165) is 34.4 Å². The molecule has 614 valence electrons. The predicted octanol–water partition coefficient (Wildman–Crippen LogP) is -1.89. The number of allylic oxidation sites excluding steroid dienone is 1. The van der Waals surface area contributed by atoms with Gasteiger partial charge in [-0.05, 0) is 72.4 Å². The van der Waals surface area contributed by atoms with Crippen LogP contribution in [0.2, 0.25) is 0 Å². The average molecular weight is 1600 g/mol. The van der Waals surface area contributed by atoms with E-state index < -0.39 is 220 Å². The Kier molecular flexibility index (Phi) is 35.2. The van der Waals surface area contributed by atoms with E-state index in [-0.39, 0.29) is 25.8 Å². The van der Waals surface area contributed by atoms with E-state index in [1.165, 1.54) is 4.90 Å². The molecule has 13 amide bonds.